The second-order valence-electron chi connectivity index (χ2n) is 5.70. The molecular weight excluding hydrogens is 345 g/mol. The number of halogens is 2. The Labute approximate surface area is 151 Å². The molecule has 1 aliphatic carbocycles. The smallest absolute Gasteiger partial charge is 0.244 e. The molecule has 1 heterocycles. The largest absolute Gasteiger partial charge is 0.353 e. The SMILES string of the molecule is Clc1ccc(Nc2cnnc(NCCC3=CCCCC3)n2)c(Cl)c1. The Kier molecular flexibility index (Phi) is 5.88. The molecule has 0 saturated carbocycles. The summed E-state index contributed by atoms with van der Waals surface area (Å²) in [5.41, 5.74) is 2.24. The van der Waals surface area contributed by atoms with Crippen molar-refractivity contribution in [3.05, 3.63) is 46.1 Å². The number of hydrogen-bond donors (Lipinski definition) is 2. The van der Waals surface area contributed by atoms with Gasteiger partial charge < -0.3 is 10.6 Å². The van der Waals surface area contributed by atoms with Crippen LogP contribution in [0.5, 0.6) is 0 Å². The molecule has 7 heteroatoms. The Bertz CT molecular complexity index is 733. The number of anilines is 3. The molecule has 0 fully saturated rings. The van der Waals surface area contributed by atoms with Crippen LogP contribution in [0.4, 0.5) is 17.5 Å². The first-order valence-electron chi connectivity index (χ1n) is 8.04. The molecule has 1 aliphatic rings. The van der Waals surface area contributed by atoms with Crippen LogP contribution in [0, 0.1) is 0 Å². The van der Waals surface area contributed by atoms with E-state index >= 15 is 0 Å². The number of hydrogen-bond acceptors (Lipinski definition) is 5. The number of benzene rings is 1. The first-order valence-corrected chi connectivity index (χ1v) is 8.80. The molecule has 1 aromatic carbocycles. The van der Waals surface area contributed by atoms with Crippen LogP contribution in [0.25, 0.3) is 0 Å². The molecule has 1 aromatic heterocycles. The predicted octanol–water partition coefficient (Wildman–Crippen LogP) is 5.22. The molecule has 126 valence electrons. The summed E-state index contributed by atoms with van der Waals surface area (Å²) in [6.07, 6.45) is 9.94. The van der Waals surface area contributed by atoms with Gasteiger partial charge in [-0.2, -0.15) is 10.1 Å². The van der Waals surface area contributed by atoms with Crippen LogP contribution in [-0.2, 0) is 0 Å². The van der Waals surface area contributed by atoms with E-state index in [-0.39, 0.29) is 0 Å². The van der Waals surface area contributed by atoms with Gasteiger partial charge in [0, 0.05) is 11.6 Å². The van der Waals surface area contributed by atoms with Crippen molar-refractivity contribution in [2.45, 2.75) is 32.1 Å². The molecule has 0 radical (unpaired) electrons. The highest BCUT2D eigenvalue weighted by Crippen LogP contribution is 2.27. The molecule has 0 spiro atoms. The van der Waals surface area contributed by atoms with E-state index in [1.165, 1.54) is 31.3 Å². The van der Waals surface area contributed by atoms with Crippen molar-refractivity contribution in [1.82, 2.24) is 15.2 Å². The van der Waals surface area contributed by atoms with E-state index in [0.29, 0.717) is 21.8 Å². The van der Waals surface area contributed by atoms with Gasteiger partial charge in [-0.25, -0.2) is 0 Å². The third-order valence-corrected chi connectivity index (χ3v) is 4.41. The van der Waals surface area contributed by atoms with Crippen LogP contribution < -0.4 is 10.6 Å². The van der Waals surface area contributed by atoms with Gasteiger partial charge in [0.15, 0.2) is 5.82 Å². The lowest BCUT2D eigenvalue weighted by atomic mass is 9.97. The number of allylic oxidation sites excluding steroid dienone is 1. The lowest BCUT2D eigenvalue weighted by molar-refractivity contribution is 0.679. The van der Waals surface area contributed by atoms with Crippen molar-refractivity contribution in [2.24, 2.45) is 0 Å². The van der Waals surface area contributed by atoms with Crippen LogP contribution in [-0.4, -0.2) is 21.7 Å². The van der Waals surface area contributed by atoms with Gasteiger partial charge in [-0.3, -0.25) is 0 Å². The van der Waals surface area contributed by atoms with E-state index in [9.17, 15) is 0 Å². The zero-order valence-electron chi connectivity index (χ0n) is 13.2. The fourth-order valence-corrected chi connectivity index (χ4v) is 3.09. The minimum atomic E-state index is 0.501. The molecule has 2 aromatic rings. The van der Waals surface area contributed by atoms with Crippen molar-refractivity contribution in [3.8, 4) is 0 Å². The molecule has 0 unspecified atom stereocenters. The summed E-state index contributed by atoms with van der Waals surface area (Å²) in [6, 6.07) is 5.24. The summed E-state index contributed by atoms with van der Waals surface area (Å²) < 4.78 is 0. The summed E-state index contributed by atoms with van der Waals surface area (Å²) in [4.78, 5) is 4.41. The van der Waals surface area contributed by atoms with Gasteiger partial charge in [0.25, 0.3) is 0 Å². The van der Waals surface area contributed by atoms with Gasteiger partial charge in [-0.05, 0) is 50.3 Å². The summed E-state index contributed by atoms with van der Waals surface area (Å²) in [5, 5.41) is 15.4. The second kappa shape index (κ2) is 8.31. The topological polar surface area (TPSA) is 62.7 Å². The monoisotopic (exact) mass is 363 g/mol. The predicted molar refractivity (Wildman–Crippen MR) is 99.2 cm³/mol. The highest BCUT2D eigenvalue weighted by atomic mass is 35.5. The average molecular weight is 364 g/mol. The molecule has 2 N–H and O–H groups in total. The van der Waals surface area contributed by atoms with Crippen LogP contribution in [0.2, 0.25) is 10.0 Å². The summed E-state index contributed by atoms with van der Waals surface area (Å²) >= 11 is 12.1. The molecule has 0 bridgehead atoms. The highest BCUT2D eigenvalue weighted by molar-refractivity contribution is 6.36. The van der Waals surface area contributed by atoms with Crippen molar-refractivity contribution in [2.75, 3.05) is 17.2 Å². The first-order chi connectivity index (χ1) is 11.7. The zero-order valence-corrected chi connectivity index (χ0v) is 14.7. The molecule has 0 atom stereocenters. The van der Waals surface area contributed by atoms with Crippen molar-refractivity contribution in [1.29, 1.82) is 0 Å². The van der Waals surface area contributed by atoms with Crippen LogP contribution in [0.15, 0.2) is 36.0 Å². The fraction of sp³-hybridized carbons (Fsp3) is 0.353. The summed E-state index contributed by atoms with van der Waals surface area (Å²) in [6.45, 7) is 0.804. The van der Waals surface area contributed by atoms with E-state index in [1.807, 2.05) is 0 Å². The third-order valence-electron chi connectivity index (χ3n) is 3.87. The van der Waals surface area contributed by atoms with Crippen LogP contribution in [0.3, 0.4) is 0 Å². The number of nitrogens with one attached hydrogen (secondary N) is 2. The molecule has 3 rings (SSSR count). The van der Waals surface area contributed by atoms with Gasteiger partial charge in [-0.15, -0.1) is 5.10 Å². The van der Waals surface area contributed by atoms with Crippen molar-refractivity contribution >= 4 is 40.7 Å². The quantitative estimate of drug-likeness (QED) is 0.688. The van der Waals surface area contributed by atoms with E-state index in [2.05, 4.69) is 31.9 Å². The second-order valence-corrected chi connectivity index (χ2v) is 6.54. The highest BCUT2D eigenvalue weighted by Gasteiger charge is 2.06. The Balaban J connectivity index is 1.58. The molecular formula is C17H19Cl2N5. The summed E-state index contributed by atoms with van der Waals surface area (Å²) in [5.74, 6) is 1.08. The molecule has 0 aliphatic heterocycles. The van der Waals surface area contributed by atoms with E-state index in [0.717, 1.165) is 18.7 Å². The molecule has 0 amide bonds. The minimum absolute atomic E-state index is 0.501. The van der Waals surface area contributed by atoms with E-state index in [4.69, 9.17) is 23.2 Å². The Morgan fingerprint density at radius 1 is 1.17 bits per heavy atom. The van der Waals surface area contributed by atoms with Gasteiger partial charge >= 0.3 is 0 Å². The normalized spacial score (nSPS) is 14.2. The summed E-state index contributed by atoms with van der Waals surface area (Å²) in [7, 11) is 0. The Hall–Kier alpha value is -1.85. The maximum Gasteiger partial charge on any atom is 0.244 e. The third kappa shape index (κ3) is 4.82. The maximum absolute atomic E-state index is 6.16. The van der Waals surface area contributed by atoms with Gasteiger partial charge in [0.2, 0.25) is 5.95 Å². The molecule has 24 heavy (non-hydrogen) atoms. The maximum atomic E-state index is 6.16. The average Bonchev–Trinajstić information content (AvgIpc) is 2.59. The lowest BCUT2D eigenvalue weighted by Gasteiger charge is -2.13. The Morgan fingerprint density at radius 2 is 2.08 bits per heavy atom. The number of aromatic nitrogens is 3. The van der Waals surface area contributed by atoms with Crippen LogP contribution >= 0.6 is 23.2 Å². The van der Waals surface area contributed by atoms with Crippen molar-refractivity contribution in [3.63, 3.8) is 0 Å². The number of nitrogens with zero attached hydrogens (tertiary/aromatic N) is 3. The van der Waals surface area contributed by atoms with E-state index in [1.54, 1.807) is 24.4 Å². The molecule has 0 saturated heterocycles. The number of rotatable bonds is 6. The first kappa shape index (κ1) is 17.0. The minimum Gasteiger partial charge on any atom is -0.353 e. The van der Waals surface area contributed by atoms with E-state index < -0.39 is 0 Å². The zero-order chi connectivity index (χ0) is 16.8. The van der Waals surface area contributed by atoms with Gasteiger partial charge in [-0.1, -0.05) is 34.9 Å². The fourth-order valence-electron chi connectivity index (χ4n) is 2.63. The lowest BCUT2D eigenvalue weighted by Crippen LogP contribution is -2.09. The van der Waals surface area contributed by atoms with Crippen molar-refractivity contribution < 1.29 is 0 Å². The van der Waals surface area contributed by atoms with Gasteiger partial charge in [0.05, 0.1) is 16.9 Å². The van der Waals surface area contributed by atoms with Crippen LogP contribution in [0.1, 0.15) is 32.1 Å². The standard InChI is InChI=1S/C17H19Cl2N5/c18-13-6-7-15(14(19)10-13)22-16-11-21-24-17(23-16)20-9-8-12-4-2-1-3-5-12/h4,6-7,10-11H,1-3,5,8-9H2,(H2,20,22,23,24). The van der Waals surface area contributed by atoms with Gasteiger partial charge in [0.1, 0.15) is 0 Å². The molecule has 5 nitrogen and oxygen atoms in total. The Morgan fingerprint density at radius 3 is 2.88 bits per heavy atom.